The third kappa shape index (κ3) is 1.57. The second-order valence-electron chi connectivity index (χ2n) is 3.63. The van der Waals surface area contributed by atoms with Gasteiger partial charge in [0.1, 0.15) is 23.3 Å². The van der Waals surface area contributed by atoms with E-state index in [1.165, 1.54) is 6.07 Å². The van der Waals surface area contributed by atoms with Crippen LogP contribution in [-0.2, 0) is 7.05 Å². The van der Waals surface area contributed by atoms with Gasteiger partial charge in [0.2, 0.25) is 0 Å². The smallest absolute Gasteiger partial charge is 0.147 e. The number of benzene rings is 1. The molecule has 1 heterocycles. The zero-order valence-electron chi connectivity index (χ0n) is 9.03. The molecule has 1 aromatic carbocycles. The third-order valence-electron chi connectivity index (χ3n) is 2.47. The molecule has 2 rings (SSSR count). The summed E-state index contributed by atoms with van der Waals surface area (Å²) in [5, 5.41) is 8.99. The maximum Gasteiger partial charge on any atom is 0.147 e. The second kappa shape index (κ2) is 3.78. The van der Waals surface area contributed by atoms with Crippen LogP contribution >= 0.6 is 0 Å². The Balaban J connectivity index is 2.60. The van der Waals surface area contributed by atoms with E-state index in [-0.39, 0.29) is 5.82 Å². The first-order valence-electron chi connectivity index (χ1n) is 4.81. The molecule has 0 bridgehead atoms. The zero-order chi connectivity index (χ0) is 11.7. The van der Waals surface area contributed by atoms with Gasteiger partial charge < -0.3 is 4.57 Å². The Kier molecular flexibility index (Phi) is 2.45. The SMILES string of the molecule is Cc1cc(-c2ncn(C)c2C#N)ccc1F. The van der Waals surface area contributed by atoms with E-state index in [0.717, 1.165) is 5.56 Å². The molecule has 0 fully saturated rings. The van der Waals surface area contributed by atoms with Gasteiger partial charge in [-0.05, 0) is 30.7 Å². The molecule has 0 N–H and O–H groups in total. The summed E-state index contributed by atoms with van der Waals surface area (Å²) in [4.78, 5) is 4.15. The molecule has 0 unspecified atom stereocenters. The van der Waals surface area contributed by atoms with Crippen molar-refractivity contribution in [3.8, 4) is 17.3 Å². The lowest BCUT2D eigenvalue weighted by atomic mass is 10.1. The summed E-state index contributed by atoms with van der Waals surface area (Å²) >= 11 is 0. The number of rotatable bonds is 1. The van der Waals surface area contributed by atoms with E-state index < -0.39 is 0 Å². The van der Waals surface area contributed by atoms with E-state index in [1.54, 1.807) is 37.0 Å². The van der Waals surface area contributed by atoms with Crippen LogP contribution in [0.2, 0.25) is 0 Å². The largest absolute Gasteiger partial charge is 0.325 e. The van der Waals surface area contributed by atoms with Crippen molar-refractivity contribution in [1.29, 1.82) is 5.26 Å². The Morgan fingerprint density at radius 3 is 2.81 bits per heavy atom. The molecule has 4 heteroatoms. The van der Waals surface area contributed by atoms with Crippen molar-refractivity contribution in [3.05, 3.63) is 41.6 Å². The highest BCUT2D eigenvalue weighted by Gasteiger charge is 2.11. The van der Waals surface area contributed by atoms with Crippen LogP contribution in [0, 0.1) is 24.1 Å². The molecule has 2 aromatic rings. The number of hydrogen-bond acceptors (Lipinski definition) is 2. The fourth-order valence-electron chi connectivity index (χ4n) is 1.57. The fraction of sp³-hybridized carbons (Fsp3) is 0.167. The number of nitriles is 1. The zero-order valence-corrected chi connectivity index (χ0v) is 9.03. The first-order chi connectivity index (χ1) is 7.63. The average molecular weight is 215 g/mol. The highest BCUT2D eigenvalue weighted by molar-refractivity contribution is 5.65. The molecular weight excluding hydrogens is 205 g/mol. The van der Waals surface area contributed by atoms with E-state index in [0.29, 0.717) is 17.0 Å². The van der Waals surface area contributed by atoms with Crippen molar-refractivity contribution < 1.29 is 4.39 Å². The highest BCUT2D eigenvalue weighted by atomic mass is 19.1. The van der Waals surface area contributed by atoms with Crippen LogP contribution in [0.15, 0.2) is 24.5 Å². The highest BCUT2D eigenvalue weighted by Crippen LogP contribution is 2.23. The summed E-state index contributed by atoms with van der Waals surface area (Å²) < 4.78 is 14.8. The normalized spacial score (nSPS) is 10.1. The van der Waals surface area contributed by atoms with Crippen molar-refractivity contribution in [2.75, 3.05) is 0 Å². The molecule has 0 radical (unpaired) electrons. The lowest BCUT2D eigenvalue weighted by Crippen LogP contribution is -1.91. The Labute approximate surface area is 92.8 Å². The van der Waals surface area contributed by atoms with Crippen LogP contribution in [0.4, 0.5) is 4.39 Å². The first kappa shape index (κ1) is 10.4. The minimum Gasteiger partial charge on any atom is -0.325 e. The van der Waals surface area contributed by atoms with Crippen LogP contribution in [-0.4, -0.2) is 9.55 Å². The monoisotopic (exact) mass is 215 g/mol. The minimum atomic E-state index is -0.252. The molecule has 0 aliphatic rings. The number of imidazole rings is 1. The van der Waals surface area contributed by atoms with Crippen LogP contribution in [0.5, 0.6) is 0 Å². The van der Waals surface area contributed by atoms with E-state index >= 15 is 0 Å². The summed E-state index contributed by atoms with van der Waals surface area (Å²) in [6, 6.07) is 6.80. The standard InChI is InChI=1S/C12H10FN3/c1-8-5-9(3-4-10(8)13)12-11(6-14)16(2)7-15-12/h3-5,7H,1-2H3. The molecule has 16 heavy (non-hydrogen) atoms. The van der Waals surface area contributed by atoms with E-state index in [1.807, 2.05) is 0 Å². The average Bonchev–Trinajstić information content (AvgIpc) is 2.63. The number of hydrogen-bond donors (Lipinski definition) is 0. The van der Waals surface area contributed by atoms with Gasteiger partial charge in [-0.2, -0.15) is 5.26 Å². The van der Waals surface area contributed by atoms with Crippen molar-refractivity contribution in [2.24, 2.45) is 7.05 Å². The van der Waals surface area contributed by atoms with Crippen molar-refractivity contribution in [2.45, 2.75) is 6.92 Å². The van der Waals surface area contributed by atoms with E-state index in [9.17, 15) is 4.39 Å². The van der Waals surface area contributed by atoms with Gasteiger partial charge in [0, 0.05) is 12.6 Å². The molecule has 0 aliphatic carbocycles. The Morgan fingerprint density at radius 1 is 1.44 bits per heavy atom. The van der Waals surface area contributed by atoms with Gasteiger partial charge in [0.25, 0.3) is 0 Å². The summed E-state index contributed by atoms with van der Waals surface area (Å²) in [5.74, 6) is -0.252. The molecule has 80 valence electrons. The van der Waals surface area contributed by atoms with E-state index in [2.05, 4.69) is 11.1 Å². The second-order valence-corrected chi connectivity index (χ2v) is 3.63. The first-order valence-corrected chi connectivity index (χ1v) is 4.81. The fourth-order valence-corrected chi connectivity index (χ4v) is 1.57. The molecule has 0 saturated heterocycles. The molecule has 0 atom stereocenters. The maximum absolute atomic E-state index is 13.1. The van der Waals surface area contributed by atoms with Crippen LogP contribution in [0.3, 0.4) is 0 Å². The Morgan fingerprint density at radius 2 is 2.19 bits per heavy atom. The number of halogens is 1. The third-order valence-corrected chi connectivity index (χ3v) is 2.47. The molecule has 0 aliphatic heterocycles. The van der Waals surface area contributed by atoms with Gasteiger partial charge >= 0.3 is 0 Å². The summed E-state index contributed by atoms with van der Waals surface area (Å²) in [6.45, 7) is 1.69. The van der Waals surface area contributed by atoms with Gasteiger partial charge in [-0.3, -0.25) is 0 Å². The number of aryl methyl sites for hydroxylation is 2. The van der Waals surface area contributed by atoms with E-state index in [4.69, 9.17) is 5.26 Å². The summed E-state index contributed by atoms with van der Waals surface area (Å²) in [6.07, 6.45) is 1.58. The van der Waals surface area contributed by atoms with Crippen molar-refractivity contribution in [1.82, 2.24) is 9.55 Å². The minimum absolute atomic E-state index is 0.252. The topological polar surface area (TPSA) is 41.6 Å². The maximum atomic E-state index is 13.1. The summed E-state index contributed by atoms with van der Waals surface area (Å²) in [5.41, 5.74) is 2.38. The van der Waals surface area contributed by atoms with Crippen molar-refractivity contribution in [3.63, 3.8) is 0 Å². The predicted octanol–water partition coefficient (Wildman–Crippen LogP) is 2.41. The van der Waals surface area contributed by atoms with Crippen molar-refractivity contribution >= 4 is 0 Å². The van der Waals surface area contributed by atoms with Gasteiger partial charge in [-0.25, -0.2) is 9.37 Å². The van der Waals surface area contributed by atoms with Gasteiger partial charge in [0.05, 0.1) is 6.33 Å². The molecule has 0 spiro atoms. The molecule has 3 nitrogen and oxygen atoms in total. The lowest BCUT2D eigenvalue weighted by molar-refractivity contribution is 0.619. The van der Waals surface area contributed by atoms with Gasteiger partial charge in [-0.15, -0.1) is 0 Å². The quantitative estimate of drug-likeness (QED) is 0.733. The Hall–Kier alpha value is -2.15. The molecule has 0 amide bonds. The van der Waals surface area contributed by atoms with Crippen LogP contribution < -0.4 is 0 Å². The van der Waals surface area contributed by atoms with Gasteiger partial charge in [0.15, 0.2) is 0 Å². The predicted molar refractivity (Wildman–Crippen MR) is 58.1 cm³/mol. The summed E-state index contributed by atoms with van der Waals surface area (Å²) in [7, 11) is 1.76. The number of nitrogens with zero attached hydrogens (tertiary/aromatic N) is 3. The van der Waals surface area contributed by atoms with Gasteiger partial charge in [-0.1, -0.05) is 0 Å². The van der Waals surface area contributed by atoms with Crippen LogP contribution in [0.1, 0.15) is 11.3 Å². The molecule has 0 saturated carbocycles. The molecule has 1 aromatic heterocycles. The Bertz CT molecular complexity index is 578. The van der Waals surface area contributed by atoms with Crippen LogP contribution in [0.25, 0.3) is 11.3 Å². The molecular formula is C12H10FN3. The lowest BCUT2D eigenvalue weighted by Gasteiger charge is -2.01. The number of aromatic nitrogens is 2.